The lowest BCUT2D eigenvalue weighted by Crippen LogP contribution is -2.52. The van der Waals surface area contributed by atoms with Gasteiger partial charge < -0.3 is 24.7 Å². The van der Waals surface area contributed by atoms with Crippen LogP contribution in [0.2, 0.25) is 0 Å². The highest BCUT2D eigenvalue weighted by molar-refractivity contribution is 5.94. The molecule has 0 radical (unpaired) electrons. The minimum absolute atomic E-state index is 0.128. The third-order valence-corrected chi connectivity index (χ3v) is 6.97. The Morgan fingerprint density at radius 1 is 0.975 bits per heavy atom. The quantitative estimate of drug-likeness (QED) is 0.471. The fourth-order valence-corrected chi connectivity index (χ4v) is 5.02. The monoisotopic (exact) mass is 581 g/mol. The number of rotatable bonds is 3. The number of hydrogen-bond acceptors (Lipinski definition) is 5. The number of H-pyrrole nitrogens is 1. The summed E-state index contributed by atoms with van der Waals surface area (Å²) in [7, 11) is 0. The van der Waals surface area contributed by atoms with E-state index in [4.69, 9.17) is 24.8 Å². The number of fused-ring (bicyclic) bond motifs is 3. The largest absolute Gasteiger partial charge is 0.490 e. The molecule has 1 atom stereocenters. The number of alkyl halides is 6. The van der Waals surface area contributed by atoms with E-state index >= 15 is 0 Å². The third kappa shape index (κ3) is 7.99. The zero-order chi connectivity index (χ0) is 29.7. The van der Waals surface area contributed by atoms with Crippen LogP contribution in [0.3, 0.4) is 0 Å². The van der Waals surface area contributed by atoms with Gasteiger partial charge in [0.1, 0.15) is 0 Å². The van der Waals surface area contributed by atoms with Gasteiger partial charge in [-0.1, -0.05) is 12.8 Å². The number of hydrogen-bond donors (Lipinski definition) is 3. The molecule has 40 heavy (non-hydrogen) atoms. The summed E-state index contributed by atoms with van der Waals surface area (Å²) < 4.78 is 65.9. The van der Waals surface area contributed by atoms with E-state index < -0.39 is 24.3 Å². The van der Waals surface area contributed by atoms with E-state index in [0.717, 1.165) is 50.6 Å². The first-order valence-electron chi connectivity index (χ1n) is 12.5. The van der Waals surface area contributed by atoms with Crippen LogP contribution in [0.15, 0.2) is 24.8 Å². The molecule has 1 aliphatic carbocycles. The molecule has 16 heteroatoms. The second kappa shape index (κ2) is 12.7. The average molecular weight is 582 g/mol. The van der Waals surface area contributed by atoms with Gasteiger partial charge in [0.15, 0.2) is 0 Å². The number of nitrogens with one attached hydrogen (secondary N) is 1. The van der Waals surface area contributed by atoms with E-state index in [0.29, 0.717) is 0 Å². The number of carboxylic acid groups (broad SMARTS) is 2. The fraction of sp³-hybridized carbons (Fsp3) is 0.583. The first-order chi connectivity index (χ1) is 18.7. The Balaban J connectivity index is 0.000000263. The highest BCUT2D eigenvalue weighted by Gasteiger charge is 2.39. The predicted molar refractivity (Wildman–Crippen MR) is 126 cm³/mol. The van der Waals surface area contributed by atoms with Crippen LogP contribution in [0, 0.1) is 5.92 Å². The van der Waals surface area contributed by atoms with Gasteiger partial charge in [0.05, 0.1) is 23.6 Å². The Hall–Kier alpha value is -3.56. The number of imidazole rings is 1. The summed E-state index contributed by atoms with van der Waals surface area (Å²) in [6.07, 6.45) is 2.07. The standard InChI is InChI=1S/C20H27N5O.2C2HF3O2/c26-20(16-5-7-21-11-16)24-10-9-23-8-6-17-19(18(23)13-24)22-14-25(17)12-15-3-1-2-4-15;2*3-2(4,5)1(6)7/h5,7,11,14-15,18,21H,1-4,6,8-10,12-13H2;2*(H,6,7). The van der Waals surface area contributed by atoms with E-state index in [1.165, 1.54) is 37.1 Å². The van der Waals surface area contributed by atoms with Crippen molar-refractivity contribution in [2.24, 2.45) is 5.92 Å². The first-order valence-corrected chi connectivity index (χ1v) is 12.5. The number of aromatic nitrogens is 3. The summed E-state index contributed by atoms with van der Waals surface area (Å²) in [6.45, 7) is 4.70. The van der Waals surface area contributed by atoms with Crippen molar-refractivity contribution in [2.45, 2.75) is 57.0 Å². The number of carboxylic acids is 2. The lowest BCUT2D eigenvalue weighted by atomic mass is 9.99. The molecule has 3 aliphatic rings. The lowest BCUT2D eigenvalue weighted by molar-refractivity contribution is -0.193. The molecule has 0 spiro atoms. The molecular formula is C24H29F6N5O5. The minimum atomic E-state index is -5.08. The Morgan fingerprint density at radius 2 is 1.57 bits per heavy atom. The molecule has 10 nitrogen and oxygen atoms in total. The number of amides is 1. The van der Waals surface area contributed by atoms with Crippen LogP contribution in [-0.4, -0.2) is 90.9 Å². The van der Waals surface area contributed by atoms with Gasteiger partial charge in [-0.3, -0.25) is 9.69 Å². The van der Waals surface area contributed by atoms with Crippen molar-refractivity contribution in [3.63, 3.8) is 0 Å². The van der Waals surface area contributed by atoms with Crippen LogP contribution in [0.25, 0.3) is 0 Å². The molecule has 0 aromatic carbocycles. The zero-order valence-corrected chi connectivity index (χ0v) is 21.2. The predicted octanol–water partition coefficient (Wildman–Crippen LogP) is 3.72. The number of nitrogens with zero attached hydrogens (tertiary/aromatic N) is 4. The molecule has 2 aliphatic heterocycles. The fourth-order valence-electron chi connectivity index (χ4n) is 5.02. The van der Waals surface area contributed by atoms with Gasteiger partial charge >= 0.3 is 24.3 Å². The lowest BCUT2D eigenvalue weighted by Gasteiger charge is -2.43. The summed E-state index contributed by atoms with van der Waals surface area (Å²) in [6, 6.07) is 2.11. The zero-order valence-electron chi connectivity index (χ0n) is 21.2. The van der Waals surface area contributed by atoms with E-state index in [2.05, 4.69) is 20.8 Å². The Kier molecular flexibility index (Phi) is 9.87. The molecule has 5 rings (SSSR count). The number of aromatic amines is 1. The Morgan fingerprint density at radius 3 is 2.10 bits per heavy atom. The van der Waals surface area contributed by atoms with Gasteiger partial charge in [-0.25, -0.2) is 14.6 Å². The molecule has 1 saturated carbocycles. The van der Waals surface area contributed by atoms with E-state index in [1.54, 1.807) is 6.20 Å². The maximum absolute atomic E-state index is 12.7. The van der Waals surface area contributed by atoms with Crippen molar-refractivity contribution in [2.75, 3.05) is 26.2 Å². The number of piperazine rings is 1. The van der Waals surface area contributed by atoms with Crippen molar-refractivity contribution in [1.82, 2.24) is 24.3 Å². The van der Waals surface area contributed by atoms with E-state index in [9.17, 15) is 31.1 Å². The van der Waals surface area contributed by atoms with Crippen molar-refractivity contribution in [1.29, 1.82) is 0 Å². The van der Waals surface area contributed by atoms with Crippen LogP contribution >= 0.6 is 0 Å². The molecule has 2 fully saturated rings. The summed E-state index contributed by atoms with van der Waals surface area (Å²) >= 11 is 0. The summed E-state index contributed by atoms with van der Waals surface area (Å²) in [5.74, 6) is -4.56. The SMILES string of the molecule is O=C(O)C(F)(F)F.O=C(O)C(F)(F)F.O=C(c1cc[nH]c1)N1CCN2CCc3c(ncn3CC3CCCC3)C2C1. The second-order valence-electron chi connectivity index (χ2n) is 9.64. The molecule has 3 N–H and O–H groups in total. The minimum Gasteiger partial charge on any atom is -0.475 e. The molecule has 0 bridgehead atoms. The van der Waals surface area contributed by atoms with E-state index in [-0.39, 0.29) is 11.9 Å². The average Bonchev–Trinajstić information content (AvgIpc) is 3.66. The number of aliphatic carboxylic acids is 2. The van der Waals surface area contributed by atoms with Crippen LogP contribution in [-0.2, 0) is 22.6 Å². The second-order valence-corrected chi connectivity index (χ2v) is 9.64. The van der Waals surface area contributed by atoms with Gasteiger partial charge in [-0.15, -0.1) is 0 Å². The third-order valence-electron chi connectivity index (χ3n) is 6.97. The molecule has 1 saturated heterocycles. The smallest absolute Gasteiger partial charge is 0.475 e. The Labute approximate surface area is 224 Å². The molecule has 1 amide bonds. The Bertz CT molecular complexity index is 1130. The van der Waals surface area contributed by atoms with Crippen LogP contribution in [0.1, 0.15) is 53.5 Å². The van der Waals surface area contributed by atoms with Gasteiger partial charge in [0.25, 0.3) is 5.91 Å². The first kappa shape index (κ1) is 31.0. The van der Waals surface area contributed by atoms with Crippen molar-refractivity contribution >= 4 is 17.8 Å². The summed E-state index contributed by atoms with van der Waals surface area (Å²) in [4.78, 5) is 42.8. The van der Waals surface area contributed by atoms with Crippen LogP contribution in [0.5, 0.6) is 0 Å². The van der Waals surface area contributed by atoms with E-state index in [1.807, 2.05) is 17.2 Å². The molecule has 222 valence electrons. The highest BCUT2D eigenvalue weighted by atomic mass is 19.4. The van der Waals surface area contributed by atoms with Crippen LogP contribution < -0.4 is 0 Å². The van der Waals surface area contributed by atoms with Crippen molar-refractivity contribution in [3.05, 3.63) is 41.7 Å². The normalized spacial score (nSPS) is 19.4. The van der Waals surface area contributed by atoms with Gasteiger partial charge in [-0.2, -0.15) is 26.3 Å². The molecule has 4 heterocycles. The van der Waals surface area contributed by atoms with Gasteiger partial charge in [0, 0.05) is 57.2 Å². The molecular weight excluding hydrogens is 552 g/mol. The molecule has 2 aromatic heterocycles. The summed E-state index contributed by atoms with van der Waals surface area (Å²) in [5, 5.41) is 14.2. The van der Waals surface area contributed by atoms with Crippen LogP contribution in [0.4, 0.5) is 26.3 Å². The maximum atomic E-state index is 12.7. The number of carbonyl (C=O) groups is 3. The maximum Gasteiger partial charge on any atom is 0.490 e. The summed E-state index contributed by atoms with van der Waals surface area (Å²) in [5.41, 5.74) is 3.37. The molecule has 2 aromatic rings. The number of halogens is 6. The van der Waals surface area contributed by atoms with Gasteiger partial charge in [0.2, 0.25) is 0 Å². The van der Waals surface area contributed by atoms with Crippen molar-refractivity contribution in [3.8, 4) is 0 Å². The van der Waals surface area contributed by atoms with Crippen molar-refractivity contribution < 1.29 is 50.9 Å². The number of carbonyl (C=O) groups excluding carboxylic acids is 1. The molecule has 1 unspecified atom stereocenters. The highest BCUT2D eigenvalue weighted by Crippen LogP contribution is 2.34. The van der Waals surface area contributed by atoms with Gasteiger partial charge in [-0.05, 0) is 24.8 Å². The topological polar surface area (TPSA) is 132 Å².